The van der Waals surface area contributed by atoms with Gasteiger partial charge in [-0.05, 0) is 32.9 Å². The maximum absolute atomic E-state index is 12.2. The molecule has 2 rings (SSSR count). The number of rotatable bonds is 5. The molecule has 0 spiro atoms. The van der Waals surface area contributed by atoms with Crippen molar-refractivity contribution in [2.75, 3.05) is 32.9 Å². The summed E-state index contributed by atoms with van der Waals surface area (Å²) in [7, 11) is 3.87. The van der Waals surface area contributed by atoms with E-state index in [1.807, 2.05) is 19.0 Å². The Hall–Kier alpha value is -0.950. The molecule has 19 heavy (non-hydrogen) atoms. The number of nitrogens with one attached hydrogen (secondary N) is 1. The first-order valence-corrected chi connectivity index (χ1v) is 7.61. The lowest BCUT2D eigenvalue weighted by Gasteiger charge is -2.27. The van der Waals surface area contributed by atoms with Crippen molar-refractivity contribution in [2.24, 2.45) is 5.92 Å². The third-order valence-electron chi connectivity index (χ3n) is 3.41. The number of nitrogens with zero attached hydrogens (tertiary/aromatic N) is 2. The van der Waals surface area contributed by atoms with Crippen LogP contribution >= 0.6 is 11.8 Å². The molecule has 0 radical (unpaired) electrons. The van der Waals surface area contributed by atoms with Gasteiger partial charge in [-0.1, -0.05) is 0 Å². The lowest BCUT2D eigenvalue weighted by Crippen LogP contribution is -2.51. The van der Waals surface area contributed by atoms with E-state index in [1.165, 1.54) is 0 Å². The molecule has 6 nitrogen and oxygen atoms in total. The van der Waals surface area contributed by atoms with Crippen LogP contribution in [0.25, 0.3) is 0 Å². The van der Waals surface area contributed by atoms with E-state index in [2.05, 4.69) is 5.32 Å². The molecular formula is C12H21N3O3S. The standard InChI is InChI=1S/C12H21N3O3S/c1-14(2)6-5-13-12(18)15-9(11(16)17)7-19-10(15)8-3-4-8/h8-10H,3-7H2,1-2H3,(H,13,18)(H,16,17). The molecule has 1 aliphatic carbocycles. The summed E-state index contributed by atoms with van der Waals surface area (Å²) in [5, 5.41) is 12.1. The van der Waals surface area contributed by atoms with Crippen LogP contribution in [0.2, 0.25) is 0 Å². The second kappa shape index (κ2) is 6.00. The Kier molecular flexibility index (Phi) is 4.57. The highest BCUT2D eigenvalue weighted by Gasteiger charge is 2.47. The predicted molar refractivity (Wildman–Crippen MR) is 74.2 cm³/mol. The first kappa shape index (κ1) is 14.5. The van der Waals surface area contributed by atoms with E-state index in [-0.39, 0.29) is 11.4 Å². The van der Waals surface area contributed by atoms with E-state index in [9.17, 15) is 14.7 Å². The van der Waals surface area contributed by atoms with Gasteiger partial charge in [0.15, 0.2) is 0 Å². The number of carbonyl (C=O) groups excluding carboxylic acids is 1. The van der Waals surface area contributed by atoms with Gasteiger partial charge in [-0.2, -0.15) is 0 Å². The number of carboxylic acid groups (broad SMARTS) is 1. The molecule has 2 amide bonds. The van der Waals surface area contributed by atoms with Crippen LogP contribution in [-0.4, -0.2) is 71.3 Å². The van der Waals surface area contributed by atoms with Gasteiger partial charge in [0.2, 0.25) is 0 Å². The van der Waals surface area contributed by atoms with E-state index >= 15 is 0 Å². The Balaban J connectivity index is 1.95. The summed E-state index contributed by atoms with van der Waals surface area (Å²) in [6.07, 6.45) is 2.21. The Bertz CT molecular complexity index is 360. The first-order chi connectivity index (χ1) is 9.00. The third-order valence-corrected chi connectivity index (χ3v) is 4.88. The number of urea groups is 1. The minimum Gasteiger partial charge on any atom is -0.480 e. The lowest BCUT2D eigenvalue weighted by molar-refractivity contribution is -0.141. The number of hydrogen-bond acceptors (Lipinski definition) is 4. The normalized spacial score (nSPS) is 26.8. The van der Waals surface area contributed by atoms with Gasteiger partial charge < -0.3 is 15.3 Å². The van der Waals surface area contributed by atoms with Crippen LogP contribution in [0.1, 0.15) is 12.8 Å². The molecular weight excluding hydrogens is 266 g/mol. The zero-order valence-corrected chi connectivity index (χ0v) is 12.2. The molecule has 0 aromatic heterocycles. The number of carbonyl (C=O) groups is 2. The molecule has 0 aromatic carbocycles. The zero-order valence-electron chi connectivity index (χ0n) is 11.3. The maximum atomic E-state index is 12.2. The molecule has 0 bridgehead atoms. The molecule has 1 saturated carbocycles. The minimum absolute atomic E-state index is 0.0421. The highest BCUT2D eigenvalue weighted by Crippen LogP contribution is 2.45. The van der Waals surface area contributed by atoms with E-state index in [4.69, 9.17) is 0 Å². The molecule has 108 valence electrons. The van der Waals surface area contributed by atoms with Crippen molar-refractivity contribution < 1.29 is 14.7 Å². The highest BCUT2D eigenvalue weighted by atomic mass is 32.2. The van der Waals surface area contributed by atoms with Gasteiger partial charge >= 0.3 is 12.0 Å². The molecule has 0 aromatic rings. The number of likely N-dealkylation sites (N-methyl/N-ethyl adjacent to an activating group) is 1. The second-order valence-corrected chi connectivity index (χ2v) is 6.51. The first-order valence-electron chi connectivity index (χ1n) is 6.56. The van der Waals surface area contributed by atoms with Gasteiger partial charge in [-0.15, -0.1) is 11.8 Å². The molecule has 7 heteroatoms. The Morgan fingerprint density at radius 2 is 2.11 bits per heavy atom. The predicted octanol–water partition coefficient (Wildman–Crippen LogP) is 0.496. The number of amides is 2. The average molecular weight is 287 g/mol. The summed E-state index contributed by atoms with van der Waals surface area (Å²) in [6.45, 7) is 1.29. The van der Waals surface area contributed by atoms with Gasteiger partial charge in [0.05, 0.1) is 5.37 Å². The largest absolute Gasteiger partial charge is 0.480 e. The monoisotopic (exact) mass is 287 g/mol. The van der Waals surface area contributed by atoms with Crippen LogP contribution in [0.3, 0.4) is 0 Å². The van der Waals surface area contributed by atoms with E-state index in [1.54, 1.807) is 16.7 Å². The quantitative estimate of drug-likeness (QED) is 0.770. The molecule has 2 unspecified atom stereocenters. The van der Waals surface area contributed by atoms with Crippen LogP contribution < -0.4 is 5.32 Å². The Morgan fingerprint density at radius 1 is 1.42 bits per heavy atom. The average Bonchev–Trinajstić information content (AvgIpc) is 3.06. The summed E-state index contributed by atoms with van der Waals surface area (Å²) in [5.41, 5.74) is 0. The second-order valence-electron chi connectivity index (χ2n) is 5.36. The molecule has 1 aliphatic heterocycles. The lowest BCUT2D eigenvalue weighted by atomic mass is 10.2. The maximum Gasteiger partial charge on any atom is 0.327 e. The minimum atomic E-state index is -0.904. The highest BCUT2D eigenvalue weighted by molar-refractivity contribution is 8.00. The smallest absolute Gasteiger partial charge is 0.327 e. The third kappa shape index (κ3) is 3.54. The van der Waals surface area contributed by atoms with E-state index in [0.717, 1.165) is 19.4 Å². The van der Waals surface area contributed by atoms with Gasteiger partial charge in [0.1, 0.15) is 6.04 Å². The molecule has 2 fully saturated rings. The van der Waals surface area contributed by atoms with Crippen molar-refractivity contribution in [1.29, 1.82) is 0 Å². The number of carboxylic acids is 1. The number of hydrogen-bond donors (Lipinski definition) is 2. The van der Waals surface area contributed by atoms with Gasteiger partial charge in [0.25, 0.3) is 0 Å². The van der Waals surface area contributed by atoms with Gasteiger partial charge in [0, 0.05) is 18.8 Å². The van der Waals surface area contributed by atoms with Crippen molar-refractivity contribution >= 4 is 23.8 Å². The summed E-state index contributed by atoms with van der Waals surface area (Å²) >= 11 is 1.60. The van der Waals surface area contributed by atoms with Crippen LogP contribution in [-0.2, 0) is 4.79 Å². The van der Waals surface area contributed by atoms with Crippen molar-refractivity contribution in [2.45, 2.75) is 24.3 Å². The topological polar surface area (TPSA) is 72.9 Å². The fourth-order valence-corrected chi connectivity index (χ4v) is 3.83. The molecule has 2 atom stereocenters. The van der Waals surface area contributed by atoms with Crippen molar-refractivity contribution in [3.05, 3.63) is 0 Å². The molecule has 1 heterocycles. The van der Waals surface area contributed by atoms with Gasteiger partial charge in [-0.25, -0.2) is 9.59 Å². The number of aliphatic carboxylic acids is 1. The summed E-state index contributed by atoms with van der Waals surface area (Å²) in [6, 6.07) is -0.925. The zero-order chi connectivity index (χ0) is 14.0. The van der Waals surface area contributed by atoms with Gasteiger partial charge in [-0.3, -0.25) is 4.90 Å². The van der Waals surface area contributed by atoms with Crippen molar-refractivity contribution in [3.8, 4) is 0 Å². The van der Waals surface area contributed by atoms with Crippen molar-refractivity contribution in [3.63, 3.8) is 0 Å². The molecule has 2 aliphatic rings. The van der Waals surface area contributed by atoms with E-state index < -0.39 is 12.0 Å². The van der Waals surface area contributed by atoms with E-state index in [0.29, 0.717) is 18.2 Å². The van der Waals surface area contributed by atoms with Crippen LogP contribution in [0.5, 0.6) is 0 Å². The Morgan fingerprint density at radius 3 is 2.63 bits per heavy atom. The Labute approximate surface area is 117 Å². The molecule has 1 saturated heterocycles. The fraction of sp³-hybridized carbons (Fsp3) is 0.833. The SMILES string of the molecule is CN(C)CCNC(=O)N1C(C(=O)O)CSC1C1CC1. The number of thioether (sulfide) groups is 1. The summed E-state index contributed by atoms with van der Waals surface area (Å²) in [4.78, 5) is 27.0. The summed E-state index contributed by atoms with van der Waals surface area (Å²) < 4.78 is 0. The fourth-order valence-electron chi connectivity index (χ4n) is 2.20. The van der Waals surface area contributed by atoms with Crippen LogP contribution in [0, 0.1) is 5.92 Å². The van der Waals surface area contributed by atoms with Crippen LogP contribution in [0.4, 0.5) is 4.79 Å². The molecule has 2 N–H and O–H groups in total. The van der Waals surface area contributed by atoms with Crippen molar-refractivity contribution in [1.82, 2.24) is 15.1 Å². The van der Waals surface area contributed by atoms with Crippen LogP contribution in [0.15, 0.2) is 0 Å². The summed E-state index contributed by atoms with van der Waals surface area (Å²) in [5.74, 6) is 0.0739.